The number of nitrogens with two attached hydrogens (primary N) is 1. The van der Waals surface area contributed by atoms with Gasteiger partial charge in [-0.3, -0.25) is 4.90 Å². The van der Waals surface area contributed by atoms with Gasteiger partial charge in [0.1, 0.15) is 0 Å². The Morgan fingerprint density at radius 1 is 1.00 bits per heavy atom. The first-order valence-electron chi connectivity index (χ1n) is 9.15. The summed E-state index contributed by atoms with van der Waals surface area (Å²) in [6.45, 7) is 8.08. The standard InChI is InChI=1S/C18H36N2/c1-3-5-11-18(4-2,16-19)20-14-12-17(13-15-20)9-7-6-8-10-17/h3-16,19H2,1-2H3. The van der Waals surface area contributed by atoms with Gasteiger partial charge in [-0.2, -0.15) is 0 Å². The summed E-state index contributed by atoms with van der Waals surface area (Å²) >= 11 is 0. The van der Waals surface area contributed by atoms with E-state index in [4.69, 9.17) is 5.73 Å². The minimum Gasteiger partial charge on any atom is -0.329 e. The molecule has 1 aliphatic carbocycles. The molecule has 0 bridgehead atoms. The summed E-state index contributed by atoms with van der Waals surface area (Å²) in [7, 11) is 0. The topological polar surface area (TPSA) is 29.3 Å². The Hall–Kier alpha value is -0.0800. The number of unbranched alkanes of at least 4 members (excludes halogenated alkanes) is 1. The lowest BCUT2D eigenvalue weighted by atomic mass is 9.67. The summed E-state index contributed by atoms with van der Waals surface area (Å²) in [5.74, 6) is 0. The third-order valence-electron chi connectivity index (χ3n) is 6.44. The Labute approximate surface area is 126 Å². The molecule has 2 nitrogen and oxygen atoms in total. The maximum atomic E-state index is 6.22. The summed E-state index contributed by atoms with van der Waals surface area (Å²) in [6.07, 6.45) is 15.4. The molecule has 2 rings (SSSR count). The van der Waals surface area contributed by atoms with E-state index in [1.165, 1.54) is 83.7 Å². The molecule has 1 saturated carbocycles. The quantitative estimate of drug-likeness (QED) is 0.784. The predicted octanol–water partition coefficient (Wildman–Crippen LogP) is 4.33. The first-order chi connectivity index (χ1) is 9.70. The van der Waals surface area contributed by atoms with Crippen LogP contribution < -0.4 is 5.73 Å². The van der Waals surface area contributed by atoms with Crippen molar-refractivity contribution in [3.8, 4) is 0 Å². The zero-order chi connectivity index (χ0) is 14.5. The van der Waals surface area contributed by atoms with E-state index in [0.717, 1.165) is 6.54 Å². The first-order valence-corrected chi connectivity index (χ1v) is 9.15. The molecule has 1 saturated heterocycles. The number of hydrogen-bond acceptors (Lipinski definition) is 2. The molecular formula is C18H36N2. The Morgan fingerprint density at radius 3 is 2.15 bits per heavy atom. The maximum absolute atomic E-state index is 6.22. The van der Waals surface area contributed by atoms with Crippen LogP contribution in [0.2, 0.25) is 0 Å². The molecule has 1 unspecified atom stereocenters. The van der Waals surface area contributed by atoms with Crippen LogP contribution in [0.5, 0.6) is 0 Å². The van der Waals surface area contributed by atoms with Crippen LogP contribution >= 0.6 is 0 Å². The van der Waals surface area contributed by atoms with Crippen LogP contribution in [0.1, 0.15) is 84.5 Å². The minimum atomic E-state index is 0.298. The molecule has 1 aliphatic heterocycles. The highest BCUT2D eigenvalue weighted by Gasteiger charge is 2.41. The first kappa shape index (κ1) is 16.3. The zero-order valence-corrected chi connectivity index (χ0v) is 13.9. The monoisotopic (exact) mass is 280 g/mol. The molecule has 0 amide bonds. The molecule has 0 aromatic rings. The molecule has 2 heteroatoms. The molecule has 1 spiro atoms. The van der Waals surface area contributed by atoms with Gasteiger partial charge in [-0.25, -0.2) is 0 Å². The second kappa shape index (κ2) is 7.26. The van der Waals surface area contributed by atoms with Crippen molar-refractivity contribution in [2.75, 3.05) is 19.6 Å². The van der Waals surface area contributed by atoms with Gasteiger partial charge in [-0.05, 0) is 57.0 Å². The van der Waals surface area contributed by atoms with Crippen LogP contribution in [-0.2, 0) is 0 Å². The van der Waals surface area contributed by atoms with Gasteiger partial charge >= 0.3 is 0 Å². The van der Waals surface area contributed by atoms with Gasteiger partial charge in [0.05, 0.1) is 0 Å². The van der Waals surface area contributed by atoms with Crippen LogP contribution in [0.4, 0.5) is 0 Å². The number of rotatable bonds is 6. The lowest BCUT2D eigenvalue weighted by molar-refractivity contribution is -0.00310. The Balaban J connectivity index is 1.95. The van der Waals surface area contributed by atoms with Gasteiger partial charge in [0.2, 0.25) is 0 Å². The number of likely N-dealkylation sites (tertiary alicyclic amines) is 1. The normalized spacial score (nSPS) is 26.6. The summed E-state index contributed by atoms with van der Waals surface area (Å²) in [5, 5.41) is 0. The van der Waals surface area contributed by atoms with Gasteiger partial charge in [-0.1, -0.05) is 46.0 Å². The highest BCUT2D eigenvalue weighted by atomic mass is 15.2. The molecule has 0 radical (unpaired) electrons. The van der Waals surface area contributed by atoms with E-state index < -0.39 is 0 Å². The fourth-order valence-corrected chi connectivity index (χ4v) is 4.70. The SMILES string of the molecule is CCCCC(CC)(CN)N1CCC2(CCCCC2)CC1. The van der Waals surface area contributed by atoms with E-state index in [-0.39, 0.29) is 0 Å². The summed E-state index contributed by atoms with van der Waals surface area (Å²) < 4.78 is 0. The van der Waals surface area contributed by atoms with Gasteiger partial charge in [0.25, 0.3) is 0 Å². The van der Waals surface area contributed by atoms with Crippen molar-refractivity contribution in [1.29, 1.82) is 0 Å². The van der Waals surface area contributed by atoms with Gasteiger partial charge in [0, 0.05) is 12.1 Å². The van der Waals surface area contributed by atoms with Crippen molar-refractivity contribution in [1.82, 2.24) is 4.90 Å². The average Bonchev–Trinajstić information content (AvgIpc) is 2.51. The molecule has 1 heterocycles. The van der Waals surface area contributed by atoms with Gasteiger partial charge in [0.15, 0.2) is 0 Å². The van der Waals surface area contributed by atoms with Crippen molar-refractivity contribution in [2.24, 2.45) is 11.1 Å². The molecule has 118 valence electrons. The molecule has 2 fully saturated rings. The highest BCUT2D eigenvalue weighted by Crippen LogP contribution is 2.46. The van der Waals surface area contributed by atoms with Crippen LogP contribution in [-0.4, -0.2) is 30.1 Å². The minimum absolute atomic E-state index is 0.298. The average molecular weight is 280 g/mol. The van der Waals surface area contributed by atoms with Crippen LogP contribution in [0.15, 0.2) is 0 Å². The Kier molecular flexibility index (Phi) is 5.92. The summed E-state index contributed by atoms with van der Waals surface area (Å²) in [5.41, 5.74) is 7.23. The predicted molar refractivity (Wildman–Crippen MR) is 87.9 cm³/mol. The van der Waals surface area contributed by atoms with E-state index in [1.54, 1.807) is 0 Å². The highest BCUT2D eigenvalue weighted by molar-refractivity contribution is 4.96. The number of hydrogen-bond donors (Lipinski definition) is 1. The zero-order valence-electron chi connectivity index (χ0n) is 13.9. The lowest BCUT2D eigenvalue weighted by Gasteiger charge is -2.51. The van der Waals surface area contributed by atoms with E-state index in [1.807, 2.05) is 0 Å². The number of nitrogens with zero attached hydrogens (tertiary/aromatic N) is 1. The second-order valence-electron chi connectivity index (χ2n) is 7.43. The molecular weight excluding hydrogens is 244 g/mol. The molecule has 0 aromatic carbocycles. The van der Waals surface area contributed by atoms with Crippen LogP contribution in [0.3, 0.4) is 0 Å². The van der Waals surface area contributed by atoms with Crippen molar-refractivity contribution < 1.29 is 0 Å². The van der Waals surface area contributed by atoms with Crippen molar-refractivity contribution >= 4 is 0 Å². The fraction of sp³-hybridized carbons (Fsp3) is 1.00. The van der Waals surface area contributed by atoms with E-state index in [9.17, 15) is 0 Å². The molecule has 1 atom stereocenters. The third-order valence-corrected chi connectivity index (χ3v) is 6.44. The van der Waals surface area contributed by atoms with Gasteiger partial charge < -0.3 is 5.73 Å². The van der Waals surface area contributed by atoms with Crippen molar-refractivity contribution in [3.05, 3.63) is 0 Å². The van der Waals surface area contributed by atoms with E-state index >= 15 is 0 Å². The molecule has 2 N–H and O–H groups in total. The van der Waals surface area contributed by atoms with Crippen molar-refractivity contribution in [3.63, 3.8) is 0 Å². The fourth-order valence-electron chi connectivity index (χ4n) is 4.70. The van der Waals surface area contributed by atoms with E-state index in [2.05, 4.69) is 18.7 Å². The summed E-state index contributed by atoms with van der Waals surface area (Å²) in [6, 6.07) is 0. The van der Waals surface area contributed by atoms with Crippen molar-refractivity contribution in [2.45, 2.75) is 90.0 Å². The second-order valence-corrected chi connectivity index (χ2v) is 7.43. The summed E-state index contributed by atoms with van der Waals surface area (Å²) in [4.78, 5) is 2.77. The Morgan fingerprint density at radius 2 is 1.65 bits per heavy atom. The smallest absolute Gasteiger partial charge is 0.0329 e. The number of piperidine rings is 1. The van der Waals surface area contributed by atoms with Crippen LogP contribution in [0, 0.1) is 5.41 Å². The van der Waals surface area contributed by atoms with Gasteiger partial charge in [-0.15, -0.1) is 0 Å². The molecule has 2 aliphatic rings. The molecule has 20 heavy (non-hydrogen) atoms. The van der Waals surface area contributed by atoms with E-state index in [0.29, 0.717) is 11.0 Å². The lowest BCUT2D eigenvalue weighted by Crippen LogP contribution is -2.57. The van der Waals surface area contributed by atoms with Crippen LogP contribution in [0.25, 0.3) is 0 Å². The third kappa shape index (κ3) is 3.39. The maximum Gasteiger partial charge on any atom is 0.0329 e. The Bertz CT molecular complexity index is 267. The largest absolute Gasteiger partial charge is 0.329 e. The molecule has 0 aromatic heterocycles.